The van der Waals surface area contributed by atoms with Crippen LogP contribution < -0.4 is 5.32 Å². The van der Waals surface area contributed by atoms with Gasteiger partial charge >= 0.3 is 0 Å². The van der Waals surface area contributed by atoms with Gasteiger partial charge in [-0.2, -0.15) is 5.26 Å². The van der Waals surface area contributed by atoms with Crippen LogP contribution in [-0.2, 0) is 9.53 Å². The number of amides is 1. The molecule has 1 saturated carbocycles. The lowest BCUT2D eigenvalue weighted by Gasteiger charge is -2.34. The van der Waals surface area contributed by atoms with E-state index in [1.54, 1.807) is 0 Å². The molecule has 2 rings (SSSR count). The van der Waals surface area contributed by atoms with Gasteiger partial charge in [0.05, 0.1) is 25.3 Å². The van der Waals surface area contributed by atoms with Gasteiger partial charge in [-0.15, -0.1) is 0 Å². The monoisotopic (exact) mass is 294 g/mol. The zero-order chi connectivity index (χ0) is 15.5. The summed E-state index contributed by atoms with van der Waals surface area (Å²) in [4.78, 5) is 16.4. The molecule has 0 aromatic rings. The molecule has 2 aliphatic rings. The van der Waals surface area contributed by atoms with Crippen molar-refractivity contribution in [1.29, 1.82) is 5.26 Å². The molecular weight excluding hydrogens is 268 g/mol. The second-order valence-electron chi connectivity index (χ2n) is 6.63. The molecule has 0 spiro atoms. The highest BCUT2D eigenvalue weighted by Gasteiger charge is 2.43. The van der Waals surface area contributed by atoms with E-state index in [0.717, 1.165) is 32.5 Å². The van der Waals surface area contributed by atoms with Gasteiger partial charge in [-0.05, 0) is 39.8 Å². The van der Waals surface area contributed by atoms with E-state index in [1.165, 1.54) is 0 Å². The van der Waals surface area contributed by atoms with Crippen molar-refractivity contribution in [2.24, 2.45) is 5.92 Å². The number of rotatable bonds is 6. The highest BCUT2D eigenvalue weighted by atomic mass is 16.5. The fourth-order valence-corrected chi connectivity index (χ4v) is 2.86. The first-order valence-electron chi connectivity index (χ1n) is 7.64. The third-order valence-electron chi connectivity index (χ3n) is 4.18. The first kappa shape index (κ1) is 16.2. The molecule has 0 aromatic heterocycles. The molecule has 2 atom stereocenters. The van der Waals surface area contributed by atoms with E-state index < -0.39 is 5.54 Å². The van der Waals surface area contributed by atoms with Crippen molar-refractivity contribution in [3.8, 4) is 6.07 Å². The number of hydrogen-bond donors (Lipinski definition) is 1. The number of nitrogens with zero attached hydrogens (tertiary/aromatic N) is 3. The Morgan fingerprint density at radius 1 is 1.52 bits per heavy atom. The van der Waals surface area contributed by atoms with Gasteiger partial charge < -0.3 is 15.0 Å². The molecule has 118 valence electrons. The van der Waals surface area contributed by atoms with Crippen LogP contribution in [0.1, 0.15) is 19.8 Å². The van der Waals surface area contributed by atoms with Gasteiger partial charge in [0.2, 0.25) is 5.91 Å². The van der Waals surface area contributed by atoms with Gasteiger partial charge in [-0.1, -0.05) is 0 Å². The third-order valence-corrected chi connectivity index (χ3v) is 4.18. The molecule has 1 N–H and O–H groups in total. The van der Waals surface area contributed by atoms with Gasteiger partial charge in [0.25, 0.3) is 0 Å². The highest BCUT2D eigenvalue weighted by Crippen LogP contribution is 2.39. The molecule has 0 aromatic carbocycles. The van der Waals surface area contributed by atoms with E-state index >= 15 is 0 Å². The Labute approximate surface area is 127 Å². The summed E-state index contributed by atoms with van der Waals surface area (Å²) in [5.41, 5.74) is -0.702. The summed E-state index contributed by atoms with van der Waals surface area (Å²) >= 11 is 0. The van der Waals surface area contributed by atoms with Crippen molar-refractivity contribution in [3.63, 3.8) is 0 Å². The third kappa shape index (κ3) is 4.67. The minimum atomic E-state index is -0.702. The molecule has 1 aliphatic heterocycles. The number of nitriles is 1. The van der Waals surface area contributed by atoms with Gasteiger partial charge in [-0.25, -0.2) is 0 Å². The van der Waals surface area contributed by atoms with Crippen LogP contribution in [0.15, 0.2) is 0 Å². The standard InChI is InChI=1S/C15H26N4O2/c1-15(11-16,12-4-5-12)17-14(20)10-19-6-7-21-13(9-19)8-18(2)3/h12-13H,4-10H2,1-3H3,(H,17,20)/t13-,15-/m1/s1. The molecule has 1 saturated heterocycles. The minimum absolute atomic E-state index is 0.0588. The predicted octanol–water partition coefficient (Wildman–Crippen LogP) is 0.0573. The lowest BCUT2D eigenvalue weighted by atomic mass is 9.98. The quantitative estimate of drug-likeness (QED) is 0.750. The largest absolute Gasteiger partial charge is 0.374 e. The molecule has 1 amide bonds. The number of hydrogen-bond acceptors (Lipinski definition) is 5. The average molecular weight is 294 g/mol. The minimum Gasteiger partial charge on any atom is -0.374 e. The Morgan fingerprint density at radius 3 is 2.81 bits per heavy atom. The fourth-order valence-electron chi connectivity index (χ4n) is 2.86. The van der Waals surface area contributed by atoms with Crippen LogP contribution in [0.2, 0.25) is 0 Å². The number of ether oxygens (including phenoxy) is 1. The Hall–Kier alpha value is -1.16. The fraction of sp³-hybridized carbons (Fsp3) is 0.867. The SMILES string of the molecule is CN(C)C[C@@H]1CN(CC(=O)N[C@](C)(C#N)C2CC2)CCO1. The van der Waals surface area contributed by atoms with Gasteiger partial charge in [0.1, 0.15) is 5.54 Å². The van der Waals surface area contributed by atoms with Crippen LogP contribution in [-0.4, -0.2) is 74.2 Å². The zero-order valence-electron chi connectivity index (χ0n) is 13.3. The second-order valence-corrected chi connectivity index (χ2v) is 6.63. The maximum Gasteiger partial charge on any atom is 0.235 e. The number of carbonyl (C=O) groups is 1. The highest BCUT2D eigenvalue weighted by molar-refractivity contribution is 5.79. The molecule has 1 heterocycles. The average Bonchev–Trinajstić information content (AvgIpc) is 3.22. The van der Waals surface area contributed by atoms with Gasteiger partial charge in [-0.3, -0.25) is 9.69 Å². The molecule has 6 heteroatoms. The summed E-state index contributed by atoms with van der Waals surface area (Å²) in [6.07, 6.45) is 2.21. The molecule has 0 bridgehead atoms. The second kappa shape index (κ2) is 6.73. The summed E-state index contributed by atoms with van der Waals surface area (Å²) in [6.45, 7) is 5.22. The van der Waals surface area contributed by atoms with Crippen LogP contribution in [0.25, 0.3) is 0 Å². The zero-order valence-corrected chi connectivity index (χ0v) is 13.3. The van der Waals surface area contributed by atoms with Crippen molar-refractivity contribution in [1.82, 2.24) is 15.1 Å². The summed E-state index contributed by atoms with van der Waals surface area (Å²) in [5, 5.41) is 12.2. The van der Waals surface area contributed by atoms with E-state index in [1.807, 2.05) is 21.0 Å². The predicted molar refractivity (Wildman–Crippen MR) is 79.6 cm³/mol. The van der Waals surface area contributed by atoms with Crippen molar-refractivity contribution in [2.45, 2.75) is 31.4 Å². The van der Waals surface area contributed by atoms with E-state index in [0.29, 0.717) is 19.1 Å². The van der Waals surface area contributed by atoms with Crippen molar-refractivity contribution in [3.05, 3.63) is 0 Å². The smallest absolute Gasteiger partial charge is 0.235 e. The number of nitrogens with one attached hydrogen (secondary N) is 1. The summed E-state index contributed by atoms with van der Waals surface area (Å²) in [5.74, 6) is 0.258. The first-order chi connectivity index (χ1) is 9.93. The summed E-state index contributed by atoms with van der Waals surface area (Å²) in [6, 6.07) is 2.26. The maximum atomic E-state index is 12.2. The van der Waals surface area contributed by atoms with Crippen molar-refractivity contribution < 1.29 is 9.53 Å². The van der Waals surface area contributed by atoms with Crippen LogP contribution in [0.3, 0.4) is 0 Å². The maximum absolute atomic E-state index is 12.2. The van der Waals surface area contributed by atoms with Crippen molar-refractivity contribution >= 4 is 5.91 Å². The Bertz CT molecular complexity index is 416. The molecule has 2 fully saturated rings. The topological polar surface area (TPSA) is 68.6 Å². The van der Waals surface area contributed by atoms with E-state index in [9.17, 15) is 10.1 Å². The van der Waals surface area contributed by atoms with Gasteiger partial charge in [0, 0.05) is 19.6 Å². The molecule has 1 aliphatic carbocycles. The van der Waals surface area contributed by atoms with E-state index in [2.05, 4.69) is 21.2 Å². The normalized spacial score (nSPS) is 26.1. The lowest BCUT2D eigenvalue weighted by molar-refractivity contribution is -0.125. The summed E-state index contributed by atoms with van der Waals surface area (Å²) in [7, 11) is 4.03. The number of carbonyl (C=O) groups excluding carboxylic acids is 1. The Morgan fingerprint density at radius 2 is 2.24 bits per heavy atom. The lowest BCUT2D eigenvalue weighted by Crippen LogP contribution is -2.53. The van der Waals surface area contributed by atoms with E-state index in [-0.39, 0.29) is 12.0 Å². The Kier molecular flexibility index (Phi) is 5.20. The van der Waals surface area contributed by atoms with Crippen LogP contribution in [0.4, 0.5) is 0 Å². The molecule has 0 radical (unpaired) electrons. The molecule has 6 nitrogen and oxygen atoms in total. The van der Waals surface area contributed by atoms with Crippen molar-refractivity contribution in [2.75, 3.05) is 46.9 Å². The van der Waals surface area contributed by atoms with Crippen LogP contribution in [0.5, 0.6) is 0 Å². The number of morpholine rings is 1. The van der Waals surface area contributed by atoms with Gasteiger partial charge in [0.15, 0.2) is 0 Å². The van der Waals surface area contributed by atoms with E-state index in [4.69, 9.17) is 4.74 Å². The molecule has 21 heavy (non-hydrogen) atoms. The van der Waals surface area contributed by atoms with Crippen LogP contribution >= 0.6 is 0 Å². The Balaban J connectivity index is 1.80. The number of likely N-dealkylation sites (N-methyl/N-ethyl adjacent to an activating group) is 1. The molecule has 0 unspecified atom stereocenters. The summed E-state index contributed by atoms with van der Waals surface area (Å²) < 4.78 is 5.70. The first-order valence-corrected chi connectivity index (χ1v) is 7.64. The molecular formula is C15H26N4O2. The van der Waals surface area contributed by atoms with Crippen LogP contribution in [0, 0.1) is 17.2 Å².